The van der Waals surface area contributed by atoms with Gasteiger partial charge in [0.15, 0.2) is 0 Å². The van der Waals surface area contributed by atoms with Gasteiger partial charge in [0.1, 0.15) is 0 Å². The lowest BCUT2D eigenvalue weighted by Gasteiger charge is -2.29. The van der Waals surface area contributed by atoms with E-state index in [9.17, 15) is 5.11 Å². The summed E-state index contributed by atoms with van der Waals surface area (Å²) in [5.74, 6) is 0. The van der Waals surface area contributed by atoms with Crippen LogP contribution in [0.1, 0.15) is 25.7 Å². The van der Waals surface area contributed by atoms with Crippen LogP contribution in [0.4, 0.5) is 0 Å². The molecule has 0 radical (unpaired) electrons. The number of likely N-dealkylation sites (tertiary alicyclic amines) is 1. The molecule has 0 aromatic rings. The van der Waals surface area contributed by atoms with E-state index in [0.29, 0.717) is 12.1 Å². The summed E-state index contributed by atoms with van der Waals surface area (Å²) >= 11 is 0. The third kappa shape index (κ3) is 2.25. The van der Waals surface area contributed by atoms with Crippen LogP contribution in [-0.2, 0) is 4.74 Å². The number of likely N-dealkylation sites (N-methyl/N-ethyl adjacent to an activating group) is 1. The molecular weight excluding hydrogens is 204 g/mol. The Kier molecular flexibility index (Phi) is 3.85. The molecule has 2 rings (SSSR count). The number of hydrogen-bond acceptors (Lipinski definition) is 4. The predicted octanol–water partition coefficient (Wildman–Crippen LogP) is 0.210. The Labute approximate surface area is 98.0 Å². The second-order valence-electron chi connectivity index (χ2n) is 5.23. The van der Waals surface area contributed by atoms with E-state index in [1.807, 2.05) is 7.05 Å². The number of methoxy groups -OCH3 is 1. The zero-order chi connectivity index (χ0) is 11.6. The van der Waals surface area contributed by atoms with E-state index in [0.717, 1.165) is 32.4 Å². The normalized spacial score (nSPS) is 40.7. The van der Waals surface area contributed by atoms with Crippen molar-refractivity contribution in [3.05, 3.63) is 0 Å². The van der Waals surface area contributed by atoms with Gasteiger partial charge in [0.2, 0.25) is 0 Å². The van der Waals surface area contributed by atoms with E-state index in [2.05, 4.69) is 10.2 Å². The van der Waals surface area contributed by atoms with Gasteiger partial charge in [-0.15, -0.1) is 0 Å². The summed E-state index contributed by atoms with van der Waals surface area (Å²) in [5.41, 5.74) is -0.0319. The van der Waals surface area contributed by atoms with Gasteiger partial charge in [0.25, 0.3) is 0 Å². The molecule has 3 unspecified atom stereocenters. The SMILES string of the molecule is CNC1(CO)CCC(N2CCC(OC)C2)C1. The third-order valence-corrected chi connectivity index (χ3v) is 4.44. The molecule has 0 spiro atoms. The quantitative estimate of drug-likeness (QED) is 0.722. The topological polar surface area (TPSA) is 44.7 Å². The van der Waals surface area contributed by atoms with Gasteiger partial charge in [-0.05, 0) is 32.7 Å². The molecule has 1 aliphatic heterocycles. The number of nitrogens with one attached hydrogen (secondary N) is 1. The Balaban J connectivity index is 1.89. The average Bonchev–Trinajstić information content (AvgIpc) is 2.96. The second kappa shape index (κ2) is 5.00. The molecule has 2 N–H and O–H groups in total. The lowest BCUT2D eigenvalue weighted by Crippen LogP contribution is -2.46. The number of aliphatic hydroxyl groups excluding tert-OH is 1. The molecule has 94 valence electrons. The Hall–Kier alpha value is -0.160. The van der Waals surface area contributed by atoms with E-state index in [4.69, 9.17) is 4.74 Å². The van der Waals surface area contributed by atoms with Crippen molar-refractivity contribution in [2.45, 2.75) is 43.4 Å². The Bertz CT molecular complexity index is 231. The number of ether oxygens (including phenoxy) is 1. The molecule has 0 amide bonds. The summed E-state index contributed by atoms with van der Waals surface area (Å²) in [6.45, 7) is 2.46. The molecule has 1 saturated heterocycles. The first-order valence-electron chi connectivity index (χ1n) is 6.29. The second-order valence-corrected chi connectivity index (χ2v) is 5.23. The van der Waals surface area contributed by atoms with E-state index in [1.54, 1.807) is 7.11 Å². The third-order valence-electron chi connectivity index (χ3n) is 4.44. The maximum atomic E-state index is 9.47. The highest BCUT2D eigenvalue weighted by Gasteiger charge is 2.41. The van der Waals surface area contributed by atoms with Gasteiger partial charge >= 0.3 is 0 Å². The average molecular weight is 228 g/mol. The first-order chi connectivity index (χ1) is 7.73. The molecule has 4 nitrogen and oxygen atoms in total. The molecule has 1 aliphatic carbocycles. The zero-order valence-electron chi connectivity index (χ0n) is 10.4. The molecule has 0 bridgehead atoms. The zero-order valence-corrected chi connectivity index (χ0v) is 10.4. The molecule has 3 atom stereocenters. The van der Waals surface area contributed by atoms with Gasteiger partial charge in [-0.25, -0.2) is 0 Å². The molecule has 0 aromatic heterocycles. The highest BCUT2D eigenvalue weighted by molar-refractivity contribution is 5.00. The number of rotatable bonds is 4. The number of aliphatic hydroxyl groups is 1. The van der Waals surface area contributed by atoms with E-state index < -0.39 is 0 Å². The number of nitrogens with zero attached hydrogens (tertiary/aromatic N) is 1. The first-order valence-corrected chi connectivity index (χ1v) is 6.29. The van der Waals surface area contributed by atoms with Crippen LogP contribution in [0.2, 0.25) is 0 Å². The van der Waals surface area contributed by atoms with Crippen LogP contribution in [0, 0.1) is 0 Å². The van der Waals surface area contributed by atoms with Gasteiger partial charge in [-0.1, -0.05) is 0 Å². The summed E-state index contributed by atoms with van der Waals surface area (Å²) in [6, 6.07) is 0.625. The summed E-state index contributed by atoms with van der Waals surface area (Å²) in [6.07, 6.45) is 4.91. The molecule has 1 saturated carbocycles. The minimum atomic E-state index is -0.0319. The van der Waals surface area contributed by atoms with Crippen LogP contribution in [0.25, 0.3) is 0 Å². The summed E-state index contributed by atoms with van der Waals surface area (Å²) in [4.78, 5) is 2.53. The lowest BCUT2D eigenvalue weighted by atomic mass is 9.99. The van der Waals surface area contributed by atoms with Crippen LogP contribution in [0.3, 0.4) is 0 Å². The number of hydrogen-bond donors (Lipinski definition) is 2. The smallest absolute Gasteiger partial charge is 0.0710 e. The van der Waals surface area contributed by atoms with E-state index >= 15 is 0 Å². The van der Waals surface area contributed by atoms with Crippen LogP contribution in [0.5, 0.6) is 0 Å². The Morgan fingerprint density at radius 2 is 2.31 bits per heavy atom. The van der Waals surface area contributed by atoms with Crippen molar-refractivity contribution < 1.29 is 9.84 Å². The molecule has 1 heterocycles. The molecule has 16 heavy (non-hydrogen) atoms. The largest absolute Gasteiger partial charge is 0.394 e. The Morgan fingerprint density at radius 3 is 2.81 bits per heavy atom. The maximum Gasteiger partial charge on any atom is 0.0710 e. The molecule has 4 heteroatoms. The van der Waals surface area contributed by atoms with Crippen molar-refractivity contribution in [3.8, 4) is 0 Å². The van der Waals surface area contributed by atoms with Crippen molar-refractivity contribution in [3.63, 3.8) is 0 Å². The molecule has 2 fully saturated rings. The molecular formula is C12H24N2O2. The fraction of sp³-hybridized carbons (Fsp3) is 1.00. The van der Waals surface area contributed by atoms with Gasteiger partial charge in [0.05, 0.1) is 12.7 Å². The van der Waals surface area contributed by atoms with Crippen molar-refractivity contribution >= 4 is 0 Å². The van der Waals surface area contributed by atoms with E-state index in [-0.39, 0.29) is 12.1 Å². The minimum absolute atomic E-state index is 0.0319. The fourth-order valence-corrected chi connectivity index (χ4v) is 3.14. The van der Waals surface area contributed by atoms with Gasteiger partial charge in [-0.3, -0.25) is 4.90 Å². The monoisotopic (exact) mass is 228 g/mol. The van der Waals surface area contributed by atoms with Crippen LogP contribution < -0.4 is 5.32 Å². The standard InChI is InChI=1S/C12H24N2O2/c1-13-12(9-15)5-3-10(7-12)14-6-4-11(8-14)16-2/h10-11,13,15H,3-9H2,1-2H3. The van der Waals surface area contributed by atoms with Gasteiger partial charge in [0, 0.05) is 31.8 Å². The van der Waals surface area contributed by atoms with Gasteiger partial charge < -0.3 is 15.2 Å². The van der Waals surface area contributed by atoms with Crippen molar-refractivity contribution in [1.82, 2.24) is 10.2 Å². The summed E-state index contributed by atoms with van der Waals surface area (Å²) < 4.78 is 5.40. The lowest BCUT2D eigenvalue weighted by molar-refractivity contribution is 0.0986. The van der Waals surface area contributed by atoms with E-state index in [1.165, 1.54) is 6.42 Å². The minimum Gasteiger partial charge on any atom is -0.394 e. The molecule has 2 aliphatic rings. The first kappa shape index (κ1) is 12.3. The Morgan fingerprint density at radius 1 is 1.50 bits per heavy atom. The van der Waals surface area contributed by atoms with Crippen molar-refractivity contribution in [2.24, 2.45) is 0 Å². The maximum absolute atomic E-state index is 9.47. The summed E-state index contributed by atoms with van der Waals surface area (Å²) in [5, 5.41) is 12.8. The fourth-order valence-electron chi connectivity index (χ4n) is 3.14. The van der Waals surface area contributed by atoms with Gasteiger partial charge in [-0.2, -0.15) is 0 Å². The van der Waals surface area contributed by atoms with Crippen LogP contribution >= 0.6 is 0 Å². The van der Waals surface area contributed by atoms with Crippen LogP contribution in [-0.4, -0.2) is 61.5 Å². The van der Waals surface area contributed by atoms with Crippen LogP contribution in [0.15, 0.2) is 0 Å². The van der Waals surface area contributed by atoms with Crippen molar-refractivity contribution in [1.29, 1.82) is 0 Å². The summed E-state index contributed by atoms with van der Waals surface area (Å²) in [7, 11) is 3.76. The predicted molar refractivity (Wildman–Crippen MR) is 63.5 cm³/mol. The highest BCUT2D eigenvalue weighted by Crippen LogP contribution is 2.34. The molecule has 0 aromatic carbocycles. The highest BCUT2D eigenvalue weighted by atomic mass is 16.5. The van der Waals surface area contributed by atoms with Crippen molar-refractivity contribution in [2.75, 3.05) is 33.9 Å².